The van der Waals surface area contributed by atoms with Gasteiger partial charge in [0.15, 0.2) is 0 Å². The Morgan fingerprint density at radius 3 is 2.33 bits per heavy atom. The van der Waals surface area contributed by atoms with E-state index < -0.39 is 10.7 Å². The fourth-order valence-electron chi connectivity index (χ4n) is 0.886. The second-order valence-electron chi connectivity index (χ2n) is 2.74. The summed E-state index contributed by atoms with van der Waals surface area (Å²) in [6.07, 6.45) is 0. The molecule has 1 atom stereocenters. The Balaban J connectivity index is 3.06. The van der Waals surface area contributed by atoms with E-state index in [9.17, 15) is 4.79 Å². The fraction of sp³-hybridized carbons (Fsp3) is 0.222. The van der Waals surface area contributed by atoms with Gasteiger partial charge in [-0.05, 0) is 12.5 Å². The fourth-order valence-corrected chi connectivity index (χ4v) is 1.04. The van der Waals surface area contributed by atoms with Crippen LogP contribution in [-0.4, -0.2) is 11.1 Å². The Labute approximate surface area is 76.6 Å². The maximum Gasteiger partial charge on any atom is 0.323 e. The van der Waals surface area contributed by atoms with Gasteiger partial charge in [0.25, 0.3) is 0 Å². The zero-order valence-corrected chi connectivity index (χ0v) is 7.58. The lowest BCUT2D eigenvalue weighted by Crippen LogP contribution is -2.25. The van der Waals surface area contributed by atoms with Gasteiger partial charge in [-0.3, -0.25) is 4.79 Å². The SMILES string of the molecule is CC(S)(C(=O)O)c1ccccc1. The van der Waals surface area contributed by atoms with Gasteiger partial charge in [-0.1, -0.05) is 30.3 Å². The van der Waals surface area contributed by atoms with E-state index in [1.165, 1.54) is 0 Å². The summed E-state index contributed by atoms with van der Waals surface area (Å²) >= 11 is 4.07. The minimum atomic E-state index is -1.10. The molecule has 0 saturated heterocycles. The molecule has 1 aromatic carbocycles. The first-order valence-electron chi connectivity index (χ1n) is 3.56. The van der Waals surface area contributed by atoms with E-state index in [4.69, 9.17) is 5.11 Å². The predicted molar refractivity (Wildman–Crippen MR) is 50.4 cm³/mol. The van der Waals surface area contributed by atoms with E-state index in [2.05, 4.69) is 12.6 Å². The summed E-state index contributed by atoms with van der Waals surface area (Å²) in [5.74, 6) is -0.933. The number of carboxylic acids is 1. The van der Waals surface area contributed by atoms with Gasteiger partial charge < -0.3 is 5.11 Å². The molecule has 1 aromatic rings. The molecule has 0 aliphatic carbocycles. The first-order valence-corrected chi connectivity index (χ1v) is 4.01. The van der Waals surface area contributed by atoms with Gasteiger partial charge in [-0.25, -0.2) is 0 Å². The lowest BCUT2D eigenvalue weighted by Gasteiger charge is -2.17. The zero-order chi connectivity index (χ0) is 9.19. The number of benzene rings is 1. The lowest BCUT2D eigenvalue weighted by atomic mass is 10.0. The van der Waals surface area contributed by atoms with Crippen LogP contribution in [0.5, 0.6) is 0 Å². The van der Waals surface area contributed by atoms with E-state index in [-0.39, 0.29) is 0 Å². The maximum absolute atomic E-state index is 10.7. The topological polar surface area (TPSA) is 37.3 Å². The number of hydrogen-bond acceptors (Lipinski definition) is 2. The molecule has 1 N–H and O–H groups in total. The summed E-state index contributed by atoms with van der Waals surface area (Å²) in [5, 5.41) is 8.82. The van der Waals surface area contributed by atoms with Gasteiger partial charge in [0, 0.05) is 0 Å². The summed E-state index contributed by atoms with van der Waals surface area (Å²) in [6, 6.07) is 8.94. The van der Waals surface area contributed by atoms with Crippen LogP contribution in [0.1, 0.15) is 12.5 Å². The van der Waals surface area contributed by atoms with Crippen LogP contribution in [0.3, 0.4) is 0 Å². The van der Waals surface area contributed by atoms with Gasteiger partial charge in [-0.15, -0.1) is 0 Å². The summed E-state index contributed by atoms with van der Waals surface area (Å²) in [7, 11) is 0. The Hall–Kier alpha value is -0.960. The van der Waals surface area contributed by atoms with Crippen molar-refractivity contribution < 1.29 is 9.90 Å². The van der Waals surface area contributed by atoms with Crippen molar-refractivity contribution in [1.82, 2.24) is 0 Å². The molecule has 0 spiro atoms. The summed E-state index contributed by atoms with van der Waals surface area (Å²) in [4.78, 5) is 10.7. The highest BCUT2D eigenvalue weighted by atomic mass is 32.1. The van der Waals surface area contributed by atoms with Crippen LogP contribution in [0.25, 0.3) is 0 Å². The maximum atomic E-state index is 10.7. The third kappa shape index (κ3) is 1.61. The Morgan fingerprint density at radius 2 is 1.92 bits per heavy atom. The summed E-state index contributed by atoms with van der Waals surface area (Å²) in [5.41, 5.74) is 0.695. The van der Waals surface area contributed by atoms with E-state index >= 15 is 0 Å². The average molecular weight is 182 g/mol. The van der Waals surface area contributed by atoms with Gasteiger partial charge in [0.2, 0.25) is 0 Å². The second-order valence-corrected chi connectivity index (χ2v) is 3.64. The number of rotatable bonds is 2. The molecular weight excluding hydrogens is 172 g/mol. The minimum Gasteiger partial charge on any atom is -0.480 e. The second kappa shape index (κ2) is 3.19. The van der Waals surface area contributed by atoms with Crippen LogP contribution in [0.4, 0.5) is 0 Å². The highest BCUT2D eigenvalue weighted by molar-refractivity contribution is 7.82. The normalized spacial score (nSPS) is 15.2. The largest absolute Gasteiger partial charge is 0.480 e. The molecule has 0 saturated carbocycles. The molecule has 0 aliphatic heterocycles. The molecular formula is C9H10O2S. The lowest BCUT2D eigenvalue weighted by molar-refractivity contribution is -0.139. The van der Waals surface area contributed by atoms with Crippen LogP contribution < -0.4 is 0 Å². The van der Waals surface area contributed by atoms with Crippen molar-refractivity contribution >= 4 is 18.6 Å². The average Bonchev–Trinajstić information content (AvgIpc) is 2.06. The first kappa shape index (κ1) is 9.13. The Bertz CT molecular complexity index is 280. The third-order valence-corrected chi connectivity index (χ3v) is 2.20. The van der Waals surface area contributed by atoms with Crippen molar-refractivity contribution in [2.45, 2.75) is 11.7 Å². The number of aliphatic carboxylic acids is 1. The molecule has 0 bridgehead atoms. The number of hydrogen-bond donors (Lipinski definition) is 2. The van der Waals surface area contributed by atoms with Crippen molar-refractivity contribution in [2.75, 3.05) is 0 Å². The van der Waals surface area contributed by atoms with Gasteiger partial charge in [0.1, 0.15) is 4.75 Å². The van der Waals surface area contributed by atoms with Gasteiger partial charge >= 0.3 is 5.97 Å². The number of carboxylic acid groups (broad SMARTS) is 1. The van der Waals surface area contributed by atoms with E-state index in [1.54, 1.807) is 31.2 Å². The van der Waals surface area contributed by atoms with Crippen molar-refractivity contribution in [3.63, 3.8) is 0 Å². The van der Waals surface area contributed by atoms with Crippen LogP contribution >= 0.6 is 12.6 Å². The molecule has 0 amide bonds. The minimum absolute atomic E-state index is 0.695. The Kier molecular flexibility index (Phi) is 2.43. The van der Waals surface area contributed by atoms with E-state index in [0.29, 0.717) is 5.56 Å². The first-order chi connectivity index (χ1) is 5.55. The van der Waals surface area contributed by atoms with Crippen LogP contribution in [-0.2, 0) is 9.54 Å². The standard InChI is InChI=1S/C9H10O2S/c1-9(12,8(10)11)7-5-3-2-4-6-7/h2-6,12H,1H3,(H,10,11). The summed E-state index contributed by atoms with van der Waals surface area (Å²) < 4.78 is -1.10. The number of thiol groups is 1. The van der Waals surface area contributed by atoms with Gasteiger partial charge in [0.05, 0.1) is 0 Å². The van der Waals surface area contributed by atoms with E-state index in [1.807, 2.05) is 6.07 Å². The third-order valence-electron chi connectivity index (χ3n) is 1.75. The summed E-state index contributed by atoms with van der Waals surface area (Å²) in [6.45, 7) is 1.56. The molecule has 1 rings (SSSR count). The molecule has 0 aliphatic rings. The highest BCUT2D eigenvalue weighted by Gasteiger charge is 2.30. The zero-order valence-electron chi connectivity index (χ0n) is 6.69. The molecule has 3 heteroatoms. The molecule has 12 heavy (non-hydrogen) atoms. The van der Waals surface area contributed by atoms with Crippen molar-refractivity contribution in [1.29, 1.82) is 0 Å². The quantitative estimate of drug-likeness (QED) is 0.686. The monoisotopic (exact) mass is 182 g/mol. The van der Waals surface area contributed by atoms with Crippen molar-refractivity contribution in [3.05, 3.63) is 35.9 Å². The van der Waals surface area contributed by atoms with Crippen molar-refractivity contribution in [2.24, 2.45) is 0 Å². The molecule has 0 radical (unpaired) electrons. The molecule has 0 heterocycles. The molecule has 64 valence electrons. The van der Waals surface area contributed by atoms with Crippen LogP contribution in [0.15, 0.2) is 30.3 Å². The van der Waals surface area contributed by atoms with Crippen LogP contribution in [0, 0.1) is 0 Å². The number of carbonyl (C=O) groups is 1. The molecule has 0 aromatic heterocycles. The van der Waals surface area contributed by atoms with Crippen molar-refractivity contribution in [3.8, 4) is 0 Å². The molecule has 0 fully saturated rings. The predicted octanol–water partition coefficient (Wildman–Crippen LogP) is 1.92. The van der Waals surface area contributed by atoms with Gasteiger partial charge in [-0.2, -0.15) is 12.6 Å². The highest BCUT2D eigenvalue weighted by Crippen LogP contribution is 2.27. The molecule has 1 unspecified atom stereocenters. The Morgan fingerprint density at radius 1 is 1.42 bits per heavy atom. The van der Waals surface area contributed by atoms with Crippen LogP contribution in [0.2, 0.25) is 0 Å². The smallest absolute Gasteiger partial charge is 0.323 e. The molecule has 2 nitrogen and oxygen atoms in total. The van der Waals surface area contributed by atoms with E-state index in [0.717, 1.165) is 0 Å².